The number of ether oxygens (including phenoxy) is 1. The molecule has 0 radical (unpaired) electrons. The van der Waals surface area contributed by atoms with Crippen molar-refractivity contribution >= 4 is 17.4 Å². The normalized spacial score (nSPS) is 14.3. The van der Waals surface area contributed by atoms with Gasteiger partial charge in [-0.05, 0) is 63.9 Å². The molecule has 27 heavy (non-hydrogen) atoms. The van der Waals surface area contributed by atoms with Gasteiger partial charge < -0.3 is 14.6 Å². The first-order chi connectivity index (χ1) is 13.0. The minimum Gasteiger partial charge on any atom is -0.462 e. The number of hydrogen-bond donors (Lipinski definition) is 1. The summed E-state index contributed by atoms with van der Waals surface area (Å²) in [6, 6.07) is 9.55. The number of carbonyl (C=O) groups is 2. The molecule has 1 aliphatic rings. The van der Waals surface area contributed by atoms with Crippen LogP contribution in [0.15, 0.2) is 30.3 Å². The Morgan fingerprint density at radius 2 is 1.81 bits per heavy atom. The Balaban J connectivity index is 1.64. The fourth-order valence-electron chi connectivity index (χ4n) is 4.00. The van der Waals surface area contributed by atoms with Crippen LogP contribution in [0.25, 0.3) is 0 Å². The molecular weight excluding hydrogens is 340 g/mol. The number of aryl methyl sites for hydroxylation is 1. The van der Waals surface area contributed by atoms with Crippen LogP contribution in [0.4, 0.5) is 5.69 Å². The van der Waals surface area contributed by atoms with E-state index < -0.39 is 0 Å². The maximum atomic E-state index is 12.7. The monoisotopic (exact) mass is 368 g/mol. The zero-order chi connectivity index (χ0) is 19.4. The molecule has 1 aromatic heterocycles. The van der Waals surface area contributed by atoms with Crippen molar-refractivity contribution in [3.63, 3.8) is 0 Å². The summed E-state index contributed by atoms with van der Waals surface area (Å²) in [5, 5.41) is 3.16. The number of carbonyl (C=O) groups excluding carboxylic acids is 2. The van der Waals surface area contributed by atoms with Crippen molar-refractivity contribution in [1.29, 1.82) is 0 Å². The fourth-order valence-corrected chi connectivity index (χ4v) is 4.00. The summed E-state index contributed by atoms with van der Waals surface area (Å²) in [6.45, 7) is 6.50. The minimum absolute atomic E-state index is 0.0850. The minimum atomic E-state index is -0.334. The zero-order valence-corrected chi connectivity index (χ0v) is 16.4. The SMILES string of the molecule is CCOC(=O)c1ccc(NCC(=O)c2cc(C)n(C3CCCC3)c2C)cc1. The van der Waals surface area contributed by atoms with Gasteiger partial charge in [0, 0.05) is 28.7 Å². The van der Waals surface area contributed by atoms with Gasteiger partial charge in [0.25, 0.3) is 0 Å². The number of aromatic nitrogens is 1. The van der Waals surface area contributed by atoms with Gasteiger partial charge >= 0.3 is 5.97 Å². The van der Waals surface area contributed by atoms with Crippen LogP contribution < -0.4 is 5.32 Å². The number of hydrogen-bond acceptors (Lipinski definition) is 4. The van der Waals surface area contributed by atoms with E-state index in [1.807, 2.05) is 13.0 Å². The van der Waals surface area contributed by atoms with E-state index in [0.717, 1.165) is 16.9 Å². The summed E-state index contributed by atoms with van der Waals surface area (Å²) in [7, 11) is 0. The Morgan fingerprint density at radius 1 is 1.15 bits per heavy atom. The molecule has 1 aromatic carbocycles. The molecule has 2 aromatic rings. The van der Waals surface area contributed by atoms with Crippen molar-refractivity contribution in [3.8, 4) is 0 Å². The molecule has 144 valence electrons. The highest BCUT2D eigenvalue weighted by molar-refractivity contribution is 6.00. The molecule has 5 nitrogen and oxygen atoms in total. The number of Topliss-reactive ketones (excluding diaryl/α,β-unsaturated/α-hetero) is 1. The van der Waals surface area contributed by atoms with E-state index in [1.54, 1.807) is 31.2 Å². The number of rotatable bonds is 7. The largest absolute Gasteiger partial charge is 0.462 e. The zero-order valence-electron chi connectivity index (χ0n) is 16.4. The first-order valence-electron chi connectivity index (χ1n) is 9.74. The van der Waals surface area contributed by atoms with Crippen molar-refractivity contribution in [2.24, 2.45) is 0 Å². The maximum absolute atomic E-state index is 12.7. The molecule has 0 spiro atoms. The van der Waals surface area contributed by atoms with Crippen LogP contribution in [0.2, 0.25) is 0 Å². The van der Waals surface area contributed by atoms with E-state index in [2.05, 4.69) is 16.8 Å². The van der Waals surface area contributed by atoms with Gasteiger partial charge in [0.15, 0.2) is 5.78 Å². The smallest absolute Gasteiger partial charge is 0.338 e. The van der Waals surface area contributed by atoms with Crippen LogP contribution in [0.1, 0.15) is 70.8 Å². The molecule has 0 aliphatic heterocycles. The van der Waals surface area contributed by atoms with E-state index >= 15 is 0 Å². The molecule has 1 heterocycles. The van der Waals surface area contributed by atoms with E-state index in [9.17, 15) is 9.59 Å². The highest BCUT2D eigenvalue weighted by Crippen LogP contribution is 2.33. The fraction of sp³-hybridized carbons (Fsp3) is 0.455. The standard InChI is InChI=1S/C22H28N2O3/c1-4-27-22(26)17-9-11-18(12-10-17)23-14-21(25)20-13-15(2)24(16(20)3)19-7-5-6-8-19/h9-13,19,23H,4-8,14H2,1-3H3. The van der Waals surface area contributed by atoms with Crippen LogP contribution in [0, 0.1) is 13.8 Å². The molecule has 1 saturated carbocycles. The van der Waals surface area contributed by atoms with Gasteiger partial charge in [-0.2, -0.15) is 0 Å². The Hall–Kier alpha value is -2.56. The number of nitrogens with zero attached hydrogens (tertiary/aromatic N) is 1. The van der Waals surface area contributed by atoms with Crippen LogP contribution >= 0.6 is 0 Å². The maximum Gasteiger partial charge on any atom is 0.338 e. The Kier molecular flexibility index (Phi) is 5.99. The molecule has 0 amide bonds. The van der Waals surface area contributed by atoms with Crippen molar-refractivity contribution < 1.29 is 14.3 Å². The predicted octanol–water partition coefficient (Wildman–Crippen LogP) is 4.69. The second kappa shape index (κ2) is 8.42. The lowest BCUT2D eigenvalue weighted by atomic mass is 10.1. The molecule has 1 aliphatic carbocycles. The third-order valence-electron chi connectivity index (χ3n) is 5.32. The van der Waals surface area contributed by atoms with Gasteiger partial charge in [-0.3, -0.25) is 4.79 Å². The molecular formula is C22H28N2O3. The van der Waals surface area contributed by atoms with Crippen molar-refractivity contribution in [1.82, 2.24) is 4.57 Å². The van der Waals surface area contributed by atoms with Crippen LogP contribution in [-0.4, -0.2) is 29.5 Å². The van der Waals surface area contributed by atoms with E-state index in [-0.39, 0.29) is 18.3 Å². The lowest BCUT2D eigenvalue weighted by Gasteiger charge is -2.17. The molecule has 0 unspecified atom stereocenters. The first kappa shape index (κ1) is 19.2. The van der Waals surface area contributed by atoms with Gasteiger partial charge in [0.1, 0.15) is 0 Å². The van der Waals surface area contributed by atoms with Crippen LogP contribution in [-0.2, 0) is 4.74 Å². The lowest BCUT2D eigenvalue weighted by molar-refractivity contribution is 0.0526. The number of anilines is 1. The van der Waals surface area contributed by atoms with Crippen molar-refractivity contribution in [2.75, 3.05) is 18.5 Å². The first-order valence-corrected chi connectivity index (χ1v) is 9.74. The molecule has 0 atom stereocenters. The van der Waals surface area contributed by atoms with Gasteiger partial charge in [0.05, 0.1) is 18.7 Å². The van der Waals surface area contributed by atoms with Crippen molar-refractivity contribution in [2.45, 2.75) is 52.5 Å². The second-order valence-corrected chi connectivity index (χ2v) is 7.17. The van der Waals surface area contributed by atoms with Gasteiger partial charge in [-0.25, -0.2) is 4.79 Å². The third kappa shape index (κ3) is 4.24. The average molecular weight is 368 g/mol. The van der Waals surface area contributed by atoms with E-state index in [4.69, 9.17) is 4.74 Å². The summed E-state index contributed by atoms with van der Waals surface area (Å²) in [4.78, 5) is 24.4. The molecule has 1 fully saturated rings. The average Bonchev–Trinajstić information content (AvgIpc) is 3.28. The quantitative estimate of drug-likeness (QED) is 0.569. The lowest BCUT2D eigenvalue weighted by Crippen LogP contribution is -2.16. The summed E-state index contributed by atoms with van der Waals surface area (Å²) in [5.74, 6) is -0.249. The third-order valence-corrected chi connectivity index (χ3v) is 5.32. The van der Waals surface area contributed by atoms with Gasteiger partial charge in [-0.15, -0.1) is 0 Å². The Labute approximate surface area is 160 Å². The molecule has 0 bridgehead atoms. The molecule has 0 saturated heterocycles. The predicted molar refractivity (Wildman–Crippen MR) is 107 cm³/mol. The van der Waals surface area contributed by atoms with Gasteiger partial charge in [0.2, 0.25) is 0 Å². The molecule has 5 heteroatoms. The van der Waals surface area contributed by atoms with Crippen molar-refractivity contribution in [3.05, 3.63) is 52.8 Å². The van der Waals surface area contributed by atoms with Gasteiger partial charge in [-0.1, -0.05) is 12.8 Å². The summed E-state index contributed by atoms with van der Waals surface area (Å²) >= 11 is 0. The van der Waals surface area contributed by atoms with Crippen LogP contribution in [0.3, 0.4) is 0 Å². The van der Waals surface area contributed by atoms with E-state index in [0.29, 0.717) is 18.2 Å². The Bertz CT molecular complexity index is 815. The number of benzene rings is 1. The summed E-state index contributed by atoms with van der Waals surface area (Å²) < 4.78 is 7.32. The highest BCUT2D eigenvalue weighted by atomic mass is 16.5. The molecule has 3 rings (SSSR count). The van der Waals surface area contributed by atoms with E-state index in [1.165, 1.54) is 31.4 Å². The summed E-state index contributed by atoms with van der Waals surface area (Å²) in [5.41, 5.74) is 4.36. The molecule has 1 N–H and O–H groups in total. The topological polar surface area (TPSA) is 60.3 Å². The number of ketones is 1. The van der Waals surface area contributed by atoms with Crippen LogP contribution in [0.5, 0.6) is 0 Å². The number of esters is 1. The highest BCUT2D eigenvalue weighted by Gasteiger charge is 2.23. The summed E-state index contributed by atoms with van der Waals surface area (Å²) in [6.07, 6.45) is 4.95. The number of nitrogens with one attached hydrogen (secondary N) is 1. The Morgan fingerprint density at radius 3 is 2.44 bits per heavy atom. The second-order valence-electron chi connectivity index (χ2n) is 7.17.